The van der Waals surface area contributed by atoms with Crippen molar-refractivity contribution in [2.45, 2.75) is 11.8 Å². The van der Waals surface area contributed by atoms with Gasteiger partial charge >= 0.3 is 0 Å². The van der Waals surface area contributed by atoms with E-state index in [1.54, 1.807) is 37.6 Å². The normalized spacial score (nSPS) is 10.3. The van der Waals surface area contributed by atoms with Gasteiger partial charge < -0.3 is 9.15 Å². The summed E-state index contributed by atoms with van der Waals surface area (Å²) in [6, 6.07) is 9.03. The first-order valence-electron chi connectivity index (χ1n) is 5.55. The van der Waals surface area contributed by atoms with E-state index in [-0.39, 0.29) is 5.78 Å². The zero-order valence-corrected chi connectivity index (χ0v) is 11.1. The number of methoxy groups -OCH3 is 1. The van der Waals surface area contributed by atoms with Gasteiger partial charge in [0.2, 0.25) is 0 Å². The van der Waals surface area contributed by atoms with Gasteiger partial charge in [-0.3, -0.25) is 4.79 Å². The highest BCUT2D eigenvalue weighted by atomic mass is 32.2. The fraction of sp³-hybridized carbons (Fsp3) is 0.214. The molecule has 1 heterocycles. The fourth-order valence-corrected chi connectivity index (χ4v) is 2.38. The van der Waals surface area contributed by atoms with Gasteiger partial charge in [0.05, 0.1) is 19.1 Å². The summed E-state index contributed by atoms with van der Waals surface area (Å²) in [5.74, 6) is 2.11. The molecule has 18 heavy (non-hydrogen) atoms. The molecule has 2 aromatic rings. The number of benzene rings is 1. The largest absolute Gasteiger partial charge is 0.497 e. The maximum atomic E-state index is 12.0. The average Bonchev–Trinajstić information content (AvgIpc) is 2.81. The second-order valence-electron chi connectivity index (χ2n) is 3.78. The molecule has 0 spiro atoms. The van der Waals surface area contributed by atoms with E-state index in [4.69, 9.17) is 9.15 Å². The maximum absolute atomic E-state index is 12.0. The number of thioether (sulfide) groups is 1. The van der Waals surface area contributed by atoms with E-state index < -0.39 is 0 Å². The minimum atomic E-state index is 0.100. The summed E-state index contributed by atoms with van der Waals surface area (Å²) in [5.41, 5.74) is 0.699. The first-order chi connectivity index (χ1) is 8.70. The number of Topliss-reactive ketones (excluding diaryl/α,β-unsaturated/α-hetero) is 1. The standard InChI is InChI=1S/C14H14O3S/c1-10-14(7-8-17-10)18-9-13(15)11-3-5-12(16-2)6-4-11/h3-8H,9H2,1-2H3. The molecule has 0 radical (unpaired) electrons. The summed E-state index contributed by atoms with van der Waals surface area (Å²) in [6.07, 6.45) is 1.63. The maximum Gasteiger partial charge on any atom is 0.173 e. The van der Waals surface area contributed by atoms with Crippen LogP contribution in [0.2, 0.25) is 0 Å². The highest BCUT2D eigenvalue weighted by molar-refractivity contribution is 8.00. The number of carbonyl (C=O) groups is 1. The van der Waals surface area contributed by atoms with Crippen LogP contribution >= 0.6 is 11.8 Å². The van der Waals surface area contributed by atoms with Crippen molar-refractivity contribution in [3.63, 3.8) is 0 Å². The van der Waals surface area contributed by atoms with Crippen LogP contribution in [0.15, 0.2) is 45.9 Å². The molecule has 0 bridgehead atoms. The number of aryl methyl sites for hydroxylation is 1. The number of ketones is 1. The Morgan fingerprint density at radius 1 is 1.28 bits per heavy atom. The Bertz CT molecular complexity index is 528. The third-order valence-electron chi connectivity index (χ3n) is 2.58. The van der Waals surface area contributed by atoms with Crippen LogP contribution in [-0.2, 0) is 0 Å². The molecule has 0 amide bonds. The molecule has 4 heteroatoms. The molecule has 0 aliphatic heterocycles. The third kappa shape index (κ3) is 2.96. The predicted molar refractivity (Wildman–Crippen MR) is 71.5 cm³/mol. The zero-order chi connectivity index (χ0) is 13.0. The minimum Gasteiger partial charge on any atom is -0.497 e. The number of rotatable bonds is 5. The smallest absolute Gasteiger partial charge is 0.173 e. The van der Waals surface area contributed by atoms with Crippen molar-refractivity contribution in [2.24, 2.45) is 0 Å². The molecule has 2 rings (SSSR count). The summed E-state index contributed by atoms with van der Waals surface area (Å²) in [4.78, 5) is 13.0. The number of hydrogen-bond acceptors (Lipinski definition) is 4. The highest BCUT2D eigenvalue weighted by Crippen LogP contribution is 2.24. The topological polar surface area (TPSA) is 39.4 Å². The van der Waals surface area contributed by atoms with E-state index in [1.807, 2.05) is 13.0 Å². The lowest BCUT2D eigenvalue weighted by Crippen LogP contribution is -2.02. The predicted octanol–water partition coefficient (Wildman–Crippen LogP) is 3.57. The summed E-state index contributed by atoms with van der Waals surface area (Å²) < 4.78 is 10.2. The van der Waals surface area contributed by atoms with Gasteiger partial charge in [-0.15, -0.1) is 11.8 Å². The van der Waals surface area contributed by atoms with Crippen molar-refractivity contribution in [1.29, 1.82) is 0 Å². The fourth-order valence-electron chi connectivity index (χ4n) is 1.53. The van der Waals surface area contributed by atoms with Gasteiger partial charge in [-0.25, -0.2) is 0 Å². The monoisotopic (exact) mass is 262 g/mol. The van der Waals surface area contributed by atoms with Crippen molar-refractivity contribution >= 4 is 17.5 Å². The van der Waals surface area contributed by atoms with Crippen LogP contribution in [0.5, 0.6) is 5.75 Å². The first kappa shape index (κ1) is 12.8. The van der Waals surface area contributed by atoms with E-state index in [0.717, 1.165) is 16.4 Å². The van der Waals surface area contributed by atoms with Gasteiger partial charge in [-0.05, 0) is 37.3 Å². The Hall–Kier alpha value is -1.68. The van der Waals surface area contributed by atoms with Crippen molar-refractivity contribution < 1.29 is 13.9 Å². The second kappa shape index (κ2) is 5.78. The van der Waals surface area contributed by atoms with Gasteiger partial charge in [0.15, 0.2) is 5.78 Å². The van der Waals surface area contributed by atoms with E-state index in [2.05, 4.69) is 0 Å². The lowest BCUT2D eigenvalue weighted by Gasteiger charge is -2.02. The average molecular weight is 262 g/mol. The molecule has 0 aliphatic carbocycles. The highest BCUT2D eigenvalue weighted by Gasteiger charge is 2.09. The van der Waals surface area contributed by atoms with Gasteiger partial charge in [-0.1, -0.05) is 0 Å². The number of furan rings is 1. The van der Waals surface area contributed by atoms with Gasteiger partial charge in [0.25, 0.3) is 0 Å². The lowest BCUT2D eigenvalue weighted by molar-refractivity contribution is 0.102. The zero-order valence-electron chi connectivity index (χ0n) is 10.3. The van der Waals surface area contributed by atoms with Gasteiger partial charge in [0, 0.05) is 10.5 Å². The third-order valence-corrected chi connectivity index (χ3v) is 3.72. The number of ether oxygens (including phenoxy) is 1. The SMILES string of the molecule is COc1ccc(C(=O)CSc2ccoc2C)cc1. The van der Waals surface area contributed by atoms with Gasteiger partial charge in [-0.2, -0.15) is 0 Å². The summed E-state index contributed by atoms with van der Waals surface area (Å²) in [6.45, 7) is 1.89. The Morgan fingerprint density at radius 2 is 2.00 bits per heavy atom. The summed E-state index contributed by atoms with van der Waals surface area (Å²) in [7, 11) is 1.61. The van der Waals surface area contributed by atoms with Crippen molar-refractivity contribution in [2.75, 3.05) is 12.9 Å². The van der Waals surface area contributed by atoms with Crippen LogP contribution in [0.3, 0.4) is 0 Å². The molecule has 1 aromatic carbocycles. The van der Waals surface area contributed by atoms with E-state index in [1.165, 1.54) is 11.8 Å². The number of hydrogen-bond donors (Lipinski definition) is 0. The van der Waals surface area contributed by atoms with Gasteiger partial charge in [0.1, 0.15) is 11.5 Å². The summed E-state index contributed by atoms with van der Waals surface area (Å²) >= 11 is 1.49. The Morgan fingerprint density at radius 3 is 2.56 bits per heavy atom. The van der Waals surface area contributed by atoms with Crippen LogP contribution in [0.1, 0.15) is 16.1 Å². The molecule has 0 aliphatic rings. The molecule has 3 nitrogen and oxygen atoms in total. The number of carbonyl (C=O) groups excluding carboxylic acids is 1. The Balaban J connectivity index is 1.97. The van der Waals surface area contributed by atoms with E-state index in [9.17, 15) is 4.79 Å². The van der Waals surface area contributed by atoms with Crippen molar-refractivity contribution in [1.82, 2.24) is 0 Å². The first-order valence-corrected chi connectivity index (χ1v) is 6.53. The molecule has 0 saturated heterocycles. The summed E-state index contributed by atoms with van der Waals surface area (Å²) in [5, 5.41) is 0. The van der Waals surface area contributed by atoms with Crippen LogP contribution in [0, 0.1) is 6.92 Å². The quantitative estimate of drug-likeness (QED) is 0.610. The van der Waals surface area contributed by atoms with E-state index >= 15 is 0 Å². The van der Waals surface area contributed by atoms with Crippen LogP contribution in [-0.4, -0.2) is 18.6 Å². The van der Waals surface area contributed by atoms with Crippen molar-refractivity contribution in [3.05, 3.63) is 47.9 Å². The van der Waals surface area contributed by atoms with Crippen LogP contribution < -0.4 is 4.74 Å². The molecule has 1 aromatic heterocycles. The molecular weight excluding hydrogens is 248 g/mol. The minimum absolute atomic E-state index is 0.100. The molecule has 94 valence electrons. The Kier molecular flexibility index (Phi) is 4.10. The van der Waals surface area contributed by atoms with E-state index in [0.29, 0.717) is 11.3 Å². The van der Waals surface area contributed by atoms with Crippen LogP contribution in [0.25, 0.3) is 0 Å². The molecule has 0 N–H and O–H groups in total. The lowest BCUT2D eigenvalue weighted by atomic mass is 10.1. The Labute approximate surface area is 110 Å². The molecule has 0 atom stereocenters. The van der Waals surface area contributed by atoms with Crippen molar-refractivity contribution in [3.8, 4) is 5.75 Å². The molecule has 0 saturated carbocycles. The molecule has 0 fully saturated rings. The van der Waals surface area contributed by atoms with Crippen LogP contribution in [0.4, 0.5) is 0 Å². The molecule has 0 unspecified atom stereocenters. The molecular formula is C14H14O3S. The second-order valence-corrected chi connectivity index (χ2v) is 4.80.